The molecule has 1 fully saturated rings. The summed E-state index contributed by atoms with van der Waals surface area (Å²) >= 11 is 0. The molecule has 1 aromatic carbocycles. The molecular weight excluding hydrogens is 245 g/mol. The minimum Gasteiger partial charge on any atom is -0.372 e. The Labute approximate surface area is 113 Å². The molecule has 0 saturated carbocycles. The molecule has 2 unspecified atom stereocenters. The van der Waals surface area contributed by atoms with E-state index in [1.54, 1.807) is 6.07 Å². The van der Waals surface area contributed by atoms with E-state index < -0.39 is 0 Å². The normalized spacial score (nSPS) is 23.4. The van der Waals surface area contributed by atoms with Gasteiger partial charge in [0.05, 0.1) is 12.2 Å². The number of benzene rings is 1. The molecule has 1 amide bonds. The standard InChI is InChI=1S/C15H20FNO2/c1-11-9-17(10-12(2)19-11)15(18)7-6-13-4-3-5-14(16)8-13/h3-5,8,11-12H,6-7,9-10H2,1-2H3. The number of halogens is 1. The second-order valence-corrected chi connectivity index (χ2v) is 5.19. The zero-order valence-corrected chi connectivity index (χ0v) is 11.4. The number of carbonyl (C=O) groups is 1. The molecule has 104 valence electrons. The van der Waals surface area contributed by atoms with Crippen molar-refractivity contribution in [3.63, 3.8) is 0 Å². The molecule has 1 aromatic rings. The minimum absolute atomic E-state index is 0.0851. The smallest absolute Gasteiger partial charge is 0.223 e. The maximum Gasteiger partial charge on any atom is 0.223 e. The summed E-state index contributed by atoms with van der Waals surface area (Å²) < 4.78 is 18.6. The minimum atomic E-state index is -0.251. The molecule has 0 spiro atoms. The maximum atomic E-state index is 13.0. The molecule has 1 aliphatic heterocycles. The lowest BCUT2D eigenvalue weighted by Crippen LogP contribution is -2.48. The molecule has 2 rings (SSSR count). The number of ether oxygens (including phenoxy) is 1. The third-order valence-electron chi connectivity index (χ3n) is 3.29. The van der Waals surface area contributed by atoms with E-state index in [1.165, 1.54) is 12.1 Å². The van der Waals surface area contributed by atoms with Crippen LogP contribution in [0.1, 0.15) is 25.8 Å². The predicted molar refractivity (Wildman–Crippen MR) is 71.3 cm³/mol. The van der Waals surface area contributed by atoms with Gasteiger partial charge < -0.3 is 9.64 Å². The Morgan fingerprint density at radius 1 is 1.37 bits per heavy atom. The number of carbonyl (C=O) groups excluding carboxylic acids is 1. The highest BCUT2D eigenvalue weighted by molar-refractivity contribution is 5.76. The fourth-order valence-electron chi connectivity index (χ4n) is 2.48. The van der Waals surface area contributed by atoms with Gasteiger partial charge in [0.2, 0.25) is 5.91 Å². The number of nitrogens with zero attached hydrogens (tertiary/aromatic N) is 1. The van der Waals surface area contributed by atoms with Crippen molar-refractivity contribution < 1.29 is 13.9 Å². The highest BCUT2D eigenvalue weighted by Crippen LogP contribution is 2.13. The molecule has 0 radical (unpaired) electrons. The van der Waals surface area contributed by atoms with Crippen LogP contribution in [-0.4, -0.2) is 36.1 Å². The van der Waals surface area contributed by atoms with Gasteiger partial charge >= 0.3 is 0 Å². The average molecular weight is 265 g/mol. The number of rotatable bonds is 3. The van der Waals surface area contributed by atoms with Crippen LogP contribution in [0.4, 0.5) is 4.39 Å². The van der Waals surface area contributed by atoms with Gasteiger partial charge in [-0.3, -0.25) is 4.79 Å². The molecule has 0 N–H and O–H groups in total. The Morgan fingerprint density at radius 2 is 2.05 bits per heavy atom. The first-order valence-corrected chi connectivity index (χ1v) is 6.72. The van der Waals surface area contributed by atoms with Gasteiger partial charge in [-0.15, -0.1) is 0 Å². The summed E-state index contributed by atoms with van der Waals surface area (Å²) in [6.07, 6.45) is 1.17. The van der Waals surface area contributed by atoms with E-state index in [4.69, 9.17) is 4.74 Å². The number of amides is 1. The highest BCUT2D eigenvalue weighted by Gasteiger charge is 2.25. The molecular formula is C15H20FNO2. The maximum absolute atomic E-state index is 13.0. The van der Waals surface area contributed by atoms with Crippen LogP contribution in [0.25, 0.3) is 0 Å². The van der Waals surface area contributed by atoms with Crippen LogP contribution in [0, 0.1) is 5.82 Å². The lowest BCUT2D eigenvalue weighted by Gasteiger charge is -2.35. The van der Waals surface area contributed by atoms with E-state index in [2.05, 4.69) is 0 Å². The molecule has 1 heterocycles. The van der Waals surface area contributed by atoms with Crippen LogP contribution in [0.2, 0.25) is 0 Å². The third-order valence-corrected chi connectivity index (χ3v) is 3.29. The van der Waals surface area contributed by atoms with Gasteiger partial charge in [-0.25, -0.2) is 4.39 Å². The van der Waals surface area contributed by atoms with Crippen LogP contribution in [0.15, 0.2) is 24.3 Å². The van der Waals surface area contributed by atoms with E-state index >= 15 is 0 Å². The lowest BCUT2D eigenvalue weighted by atomic mass is 10.1. The Morgan fingerprint density at radius 3 is 2.68 bits per heavy atom. The van der Waals surface area contributed by atoms with Crippen molar-refractivity contribution in [1.29, 1.82) is 0 Å². The predicted octanol–water partition coefficient (Wildman–Crippen LogP) is 2.39. The molecule has 0 aliphatic carbocycles. The van der Waals surface area contributed by atoms with Crippen molar-refractivity contribution in [2.45, 2.75) is 38.9 Å². The monoisotopic (exact) mass is 265 g/mol. The largest absolute Gasteiger partial charge is 0.372 e. The van der Waals surface area contributed by atoms with Crippen LogP contribution < -0.4 is 0 Å². The fourth-order valence-corrected chi connectivity index (χ4v) is 2.48. The topological polar surface area (TPSA) is 29.5 Å². The van der Waals surface area contributed by atoms with Crippen molar-refractivity contribution >= 4 is 5.91 Å². The number of hydrogen-bond donors (Lipinski definition) is 0. The first-order chi connectivity index (χ1) is 9.04. The number of morpholine rings is 1. The molecule has 4 heteroatoms. The quantitative estimate of drug-likeness (QED) is 0.840. The second-order valence-electron chi connectivity index (χ2n) is 5.19. The number of aryl methyl sites for hydroxylation is 1. The van der Waals surface area contributed by atoms with Crippen LogP contribution in [0.5, 0.6) is 0 Å². The van der Waals surface area contributed by atoms with Gasteiger partial charge in [-0.05, 0) is 38.0 Å². The van der Waals surface area contributed by atoms with Gasteiger partial charge in [0.25, 0.3) is 0 Å². The summed E-state index contributed by atoms with van der Waals surface area (Å²) in [5.74, 6) is -0.134. The lowest BCUT2D eigenvalue weighted by molar-refractivity contribution is -0.143. The first kappa shape index (κ1) is 14.0. The van der Waals surface area contributed by atoms with Gasteiger partial charge in [0.1, 0.15) is 5.82 Å². The van der Waals surface area contributed by atoms with Crippen LogP contribution >= 0.6 is 0 Å². The van der Waals surface area contributed by atoms with E-state index in [0.29, 0.717) is 25.9 Å². The summed E-state index contributed by atoms with van der Waals surface area (Å²) in [5.41, 5.74) is 0.864. The van der Waals surface area contributed by atoms with Gasteiger partial charge in [0.15, 0.2) is 0 Å². The molecule has 1 aliphatic rings. The Kier molecular flexibility index (Phi) is 4.53. The fraction of sp³-hybridized carbons (Fsp3) is 0.533. The summed E-state index contributed by atoms with van der Waals surface area (Å²) in [6.45, 7) is 5.24. The van der Waals surface area contributed by atoms with Crippen molar-refractivity contribution in [2.75, 3.05) is 13.1 Å². The van der Waals surface area contributed by atoms with Crippen molar-refractivity contribution in [3.8, 4) is 0 Å². The summed E-state index contributed by atoms with van der Waals surface area (Å²) in [6, 6.07) is 6.42. The molecule has 19 heavy (non-hydrogen) atoms. The molecule has 0 aromatic heterocycles. The molecule has 0 bridgehead atoms. The summed E-state index contributed by atoms with van der Waals surface area (Å²) in [5, 5.41) is 0. The summed E-state index contributed by atoms with van der Waals surface area (Å²) in [7, 11) is 0. The van der Waals surface area contributed by atoms with Crippen molar-refractivity contribution in [1.82, 2.24) is 4.90 Å². The van der Waals surface area contributed by atoms with Crippen molar-refractivity contribution in [2.24, 2.45) is 0 Å². The van der Waals surface area contributed by atoms with Gasteiger partial charge in [-0.2, -0.15) is 0 Å². The van der Waals surface area contributed by atoms with E-state index in [1.807, 2.05) is 24.8 Å². The van der Waals surface area contributed by atoms with Crippen LogP contribution in [-0.2, 0) is 16.0 Å². The second kappa shape index (κ2) is 6.15. The van der Waals surface area contributed by atoms with Crippen LogP contribution in [0.3, 0.4) is 0 Å². The Bertz CT molecular complexity index is 440. The van der Waals surface area contributed by atoms with E-state index in [0.717, 1.165) is 5.56 Å². The van der Waals surface area contributed by atoms with Gasteiger partial charge in [-0.1, -0.05) is 12.1 Å². The van der Waals surface area contributed by atoms with Crippen molar-refractivity contribution in [3.05, 3.63) is 35.6 Å². The highest BCUT2D eigenvalue weighted by atomic mass is 19.1. The summed E-state index contributed by atoms with van der Waals surface area (Å²) in [4.78, 5) is 14.0. The molecule has 2 atom stereocenters. The SMILES string of the molecule is CC1CN(C(=O)CCc2cccc(F)c2)CC(C)O1. The van der Waals surface area contributed by atoms with E-state index in [9.17, 15) is 9.18 Å². The number of hydrogen-bond acceptors (Lipinski definition) is 2. The first-order valence-electron chi connectivity index (χ1n) is 6.72. The third kappa shape index (κ3) is 4.03. The van der Waals surface area contributed by atoms with E-state index in [-0.39, 0.29) is 23.9 Å². The zero-order chi connectivity index (χ0) is 13.8. The average Bonchev–Trinajstić information content (AvgIpc) is 2.35. The Hall–Kier alpha value is -1.42. The molecule has 1 saturated heterocycles. The zero-order valence-electron chi connectivity index (χ0n) is 11.4. The molecule has 3 nitrogen and oxygen atoms in total. The van der Waals surface area contributed by atoms with Gasteiger partial charge in [0, 0.05) is 19.5 Å². The Balaban J connectivity index is 1.87.